The van der Waals surface area contributed by atoms with Crippen LogP contribution in [-0.4, -0.2) is 17.1 Å². The molecule has 1 heterocycles. The summed E-state index contributed by atoms with van der Waals surface area (Å²) >= 11 is 0. The van der Waals surface area contributed by atoms with E-state index in [-0.39, 0.29) is 5.91 Å². The van der Waals surface area contributed by atoms with Gasteiger partial charge < -0.3 is 15.2 Å². The molecule has 1 aromatic carbocycles. The summed E-state index contributed by atoms with van der Waals surface area (Å²) < 4.78 is 5.42. The second kappa shape index (κ2) is 3.49. The zero-order valence-corrected chi connectivity index (χ0v) is 9.57. The average Bonchev–Trinajstić information content (AvgIpc) is 2.17. The van der Waals surface area contributed by atoms with Gasteiger partial charge in [-0.05, 0) is 38.5 Å². The van der Waals surface area contributed by atoms with Gasteiger partial charge in [-0.15, -0.1) is 0 Å². The molecule has 16 heavy (non-hydrogen) atoms. The smallest absolute Gasteiger partial charge is 0.265 e. The van der Waals surface area contributed by atoms with Crippen LogP contribution in [0, 0.1) is 0 Å². The van der Waals surface area contributed by atoms with Gasteiger partial charge in [-0.2, -0.15) is 0 Å². The van der Waals surface area contributed by atoms with Gasteiger partial charge in [0.2, 0.25) is 0 Å². The maximum Gasteiger partial charge on any atom is 0.265 e. The first-order valence-electron chi connectivity index (χ1n) is 5.22. The molecular weight excluding hydrogens is 206 g/mol. The van der Waals surface area contributed by atoms with Crippen molar-refractivity contribution in [2.24, 2.45) is 0 Å². The Morgan fingerprint density at radius 1 is 1.44 bits per heavy atom. The van der Waals surface area contributed by atoms with E-state index in [1.807, 2.05) is 0 Å². The summed E-state index contributed by atoms with van der Waals surface area (Å²) in [6.07, 6.45) is -0.472. The van der Waals surface area contributed by atoms with Crippen molar-refractivity contribution in [1.82, 2.24) is 0 Å². The lowest BCUT2D eigenvalue weighted by Crippen LogP contribution is -2.34. The van der Waals surface area contributed by atoms with Crippen LogP contribution in [-0.2, 0) is 10.4 Å². The maximum atomic E-state index is 11.4. The highest BCUT2D eigenvalue weighted by molar-refractivity contribution is 5.97. The fourth-order valence-corrected chi connectivity index (χ4v) is 1.59. The number of rotatable bonds is 1. The van der Waals surface area contributed by atoms with Crippen molar-refractivity contribution in [2.75, 3.05) is 5.32 Å². The molecule has 0 aromatic heterocycles. The summed E-state index contributed by atoms with van der Waals surface area (Å²) in [5.74, 6) is 0.473. The molecule has 1 aromatic rings. The van der Waals surface area contributed by atoms with Crippen LogP contribution in [0.5, 0.6) is 5.75 Å². The Labute approximate surface area is 94.2 Å². The fourth-order valence-electron chi connectivity index (χ4n) is 1.59. The Kier molecular flexibility index (Phi) is 2.39. The number of ether oxygens (including phenoxy) is 1. The number of aliphatic hydroxyl groups is 1. The van der Waals surface area contributed by atoms with E-state index in [0.29, 0.717) is 11.4 Å². The third kappa shape index (κ3) is 1.88. The molecule has 4 heteroatoms. The molecule has 2 N–H and O–H groups in total. The summed E-state index contributed by atoms with van der Waals surface area (Å²) in [6, 6.07) is 5.29. The number of amides is 1. The molecule has 1 amide bonds. The molecule has 4 nitrogen and oxygen atoms in total. The van der Waals surface area contributed by atoms with Crippen LogP contribution in [0.1, 0.15) is 26.3 Å². The molecule has 1 aliphatic rings. The third-order valence-electron chi connectivity index (χ3n) is 2.62. The largest absolute Gasteiger partial charge is 0.479 e. The number of nitrogens with one attached hydrogen (secondary N) is 1. The van der Waals surface area contributed by atoms with Gasteiger partial charge in [0.1, 0.15) is 5.75 Å². The van der Waals surface area contributed by atoms with Crippen LogP contribution >= 0.6 is 0 Å². The van der Waals surface area contributed by atoms with E-state index in [2.05, 4.69) is 5.32 Å². The Balaban J connectivity index is 2.40. The van der Waals surface area contributed by atoms with E-state index in [0.717, 1.165) is 5.56 Å². The first-order valence-corrected chi connectivity index (χ1v) is 5.22. The van der Waals surface area contributed by atoms with Crippen molar-refractivity contribution < 1.29 is 14.6 Å². The number of benzene rings is 1. The van der Waals surface area contributed by atoms with Crippen LogP contribution in [0.4, 0.5) is 5.69 Å². The normalized spacial score (nSPS) is 19.8. The number of carbonyl (C=O) groups is 1. The Bertz CT molecular complexity index is 434. The van der Waals surface area contributed by atoms with Gasteiger partial charge in [-0.1, -0.05) is 6.07 Å². The zero-order valence-electron chi connectivity index (χ0n) is 9.57. The molecule has 0 aliphatic carbocycles. The zero-order chi connectivity index (χ0) is 11.9. The van der Waals surface area contributed by atoms with Crippen LogP contribution in [0.25, 0.3) is 0 Å². The van der Waals surface area contributed by atoms with E-state index in [4.69, 9.17) is 4.74 Å². The van der Waals surface area contributed by atoms with Crippen molar-refractivity contribution >= 4 is 11.6 Å². The molecule has 0 radical (unpaired) electrons. The van der Waals surface area contributed by atoms with Crippen molar-refractivity contribution in [3.8, 4) is 5.75 Å². The van der Waals surface area contributed by atoms with Gasteiger partial charge >= 0.3 is 0 Å². The highest BCUT2D eigenvalue weighted by Gasteiger charge is 2.25. The van der Waals surface area contributed by atoms with Crippen molar-refractivity contribution in [3.05, 3.63) is 23.8 Å². The highest BCUT2D eigenvalue weighted by atomic mass is 16.5. The van der Waals surface area contributed by atoms with E-state index in [1.54, 1.807) is 39.0 Å². The molecular formula is C12H15NO3. The predicted molar refractivity (Wildman–Crippen MR) is 60.4 cm³/mol. The third-order valence-corrected chi connectivity index (χ3v) is 2.62. The number of fused-ring (bicyclic) bond motifs is 1. The lowest BCUT2D eigenvalue weighted by atomic mass is 9.97. The van der Waals surface area contributed by atoms with Crippen LogP contribution < -0.4 is 10.1 Å². The lowest BCUT2D eigenvalue weighted by Gasteiger charge is -2.26. The second-order valence-corrected chi connectivity index (χ2v) is 4.52. The lowest BCUT2D eigenvalue weighted by molar-refractivity contribution is -0.122. The number of hydrogen-bond donors (Lipinski definition) is 2. The minimum atomic E-state index is -0.928. The van der Waals surface area contributed by atoms with Crippen LogP contribution in [0.2, 0.25) is 0 Å². The summed E-state index contributed by atoms with van der Waals surface area (Å²) in [5, 5.41) is 12.6. The molecule has 86 valence electrons. The standard InChI is InChI=1S/C12H15NO3/c1-7-11(14)13-9-6-8(12(2,3)15)4-5-10(9)16-7/h4-7,15H,1-3H3,(H,13,14). The highest BCUT2D eigenvalue weighted by Crippen LogP contribution is 2.33. The van der Waals surface area contributed by atoms with E-state index in [1.165, 1.54) is 0 Å². The Hall–Kier alpha value is -1.55. The number of carbonyl (C=O) groups excluding carboxylic acids is 1. The minimum absolute atomic E-state index is 0.166. The van der Waals surface area contributed by atoms with Gasteiger partial charge in [0, 0.05) is 0 Å². The first kappa shape index (κ1) is 11.0. The fraction of sp³-hybridized carbons (Fsp3) is 0.417. The SMILES string of the molecule is CC1Oc2ccc(C(C)(C)O)cc2NC1=O. The topological polar surface area (TPSA) is 58.6 Å². The van der Waals surface area contributed by atoms with E-state index >= 15 is 0 Å². The summed E-state index contributed by atoms with van der Waals surface area (Å²) in [5.41, 5.74) is 0.426. The molecule has 1 unspecified atom stereocenters. The summed E-state index contributed by atoms with van der Waals surface area (Å²) in [6.45, 7) is 5.09. The maximum absolute atomic E-state index is 11.4. The van der Waals surface area contributed by atoms with E-state index < -0.39 is 11.7 Å². The Morgan fingerprint density at radius 3 is 2.75 bits per heavy atom. The van der Waals surface area contributed by atoms with Gasteiger partial charge in [0.25, 0.3) is 5.91 Å². The summed E-state index contributed by atoms with van der Waals surface area (Å²) in [4.78, 5) is 11.4. The molecule has 2 rings (SSSR count). The van der Waals surface area contributed by atoms with Crippen molar-refractivity contribution in [3.63, 3.8) is 0 Å². The molecule has 1 atom stereocenters. The molecule has 0 saturated heterocycles. The van der Waals surface area contributed by atoms with Gasteiger partial charge in [0.15, 0.2) is 6.10 Å². The average molecular weight is 221 g/mol. The van der Waals surface area contributed by atoms with Crippen molar-refractivity contribution in [2.45, 2.75) is 32.5 Å². The number of anilines is 1. The molecule has 0 fully saturated rings. The molecule has 0 spiro atoms. The first-order chi connectivity index (χ1) is 7.38. The van der Waals surface area contributed by atoms with Crippen LogP contribution in [0.15, 0.2) is 18.2 Å². The van der Waals surface area contributed by atoms with Gasteiger partial charge in [0.05, 0.1) is 11.3 Å². The number of hydrogen-bond acceptors (Lipinski definition) is 3. The molecule has 0 saturated carbocycles. The van der Waals surface area contributed by atoms with Crippen LogP contribution in [0.3, 0.4) is 0 Å². The minimum Gasteiger partial charge on any atom is -0.479 e. The Morgan fingerprint density at radius 2 is 2.12 bits per heavy atom. The predicted octanol–water partition coefficient (Wildman–Crippen LogP) is 1.63. The van der Waals surface area contributed by atoms with Gasteiger partial charge in [-0.3, -0.25) is 4.79 Å². The van der Waals surface area contributed by atoms with E-state index in [9.17, 15) is 9.90 Å². The molecule has 1 aliphatic heterocycles. The monoisotopic (exact) mass is 221 g/mol. The second-order valence-electron chi connectivity index (χ2n) is 4.52. The van der Waals surface area contributed by atoms with Gasteiger partial charge in [-0.25, -0.2) is 0 Å². The molecule has 0 bridgehead atoms. The quantitative estimate of drug-likeness (QED) is 0.757. The summed E-state index contributed by atoms with van der Waals surface area (Å²) in [7, 11) is 0. The van der Waals surface area contributed by atoms with Crippen molar-refractivity contribution in [1.29, 1.82) is 0 Å².